The van der Waals surface area contributed by atoms with E-state index in [0.717, 1.165) is 11.3 Å². The molecule has 0 bridgehead atoms. The lowest BCUT2D eigenvalue weighted by Gasteiger charge is -1.99. The molecule has 5 heteroatoms. The molecule has 0 unspecified atom stereocenters. The van der Waals surface area contributed by atoms with Crippen LogP contribution in [0.5, 0.6) is 5.75 Å². The van der Waals surface area contributed by atoms with Gasteiger partial charge in [0, 0.05) is 5.56 Å². The van der Waals surface area contributed by atoms with Gasteiger partial charge in [-0.3, -0.25) is 0 Å². The number of aromatic nitrogens is 2. The highest BCUT2D eigenvalue weighted by Crippen LogP contribution is 2.21. The molecule has 0 saturated carbocycles. The van der Waals surface area contributed by atoms with Crippen LogP contribution in [0, 0.1) is 0 Å². The first-order valence-corrected chi connectivity index (χ1v) is 4.41. The Morgan fingerprint density at radius 3 is 3.00 bits per heavy atom. The molecule has 0 fully saturated rings. The van der Waals surface area contributed by atoms with Crippen molar-refractivity contribution in [3.05, 3.63) is 30.1 Å². The minimum atomic E-state index is -0.229. The minimum absolute atomic E-state index is 0.229. The number of aliphatic hydroxyl groups excluding tert-OH is 1. The molecule has 0 aliphatic heterocycles. The standard InChI is InChI=1S/C10H10N2O3/c1-14-8-4-2-3-7(5-8)10-11-9(6-13)12-15-10/h2-5,13H,6H2,1H3. The van der Waals surface area contributed by atoms with E-state index in [1.807, 2.05) is 18.2 Å². The maximum atomic E-state index is 8.79. The Balaban J connectivity index is 2.35. The first-order chi connectivity index (χ1) is 7.33. The van der Waals surface area contributed by atoms with E-state index >= 15 is 0 Å². The van der Waals surface area contributed by atoms with Crippen LogP contribution >= 0.6 is 0 Å². The summed E-state index contributed by atoms with van der Waals surface area (Å²) in [5.74, 6) is 1.36. The highest BCUT2D eigenvalue weighted by molar-refractivity contribution is 5.55. The SMILES string of the molecule is COc1cccc(-c2nc(CO)no2)c1. The Morgan fingerprint density at radius 1 is 1.47 bits per heavy atom. The van der Waals surface area contributed by atoms with Crippen molar-refractivity contribution in [1.82, 2.24) is 10.1 Å². The van der Waals surface area contributed by atoms with E-state index < -0.39 is 0 Å². The predicted molar refractivity (Wildman–Crippen MR) is 52.2 cm³/mol. The molecule has 2 aromatic rings. The molecule has 1 heterocycles. The number of hydrogen-bond acceptors (Lipinski definition) is 5. The van der Waals surface area contributed by atoms with Crippen LogP contribution in [0.1, 0.15) is 5.82 Å². The first kappa shape index (κ1) is 9.67. The van der Waals surface area contributed by atoms with Crippen LogP contribution in [0.4, 0.5) is 0 Å². The van der Waals surface area contributed by atoms with Crippen LogP contribution in [0.25, 0.3) is 11.5 Å². The molecule has 2 rings (SSSR count). The molecule has 0 atom stereocenters. The topological polar surface area (TPSA) is 68.4 Å². The average molecular weight is 206 g/mol. The zero-order valence-corrected chi connectivity index (χ0v) is 8.17. The maximum Gasteiger partial charge on any atom is 0.258 e. The summed E-state index contributed by atoms with van der Waals surface area (Å²) in [4.78, 5) is 3.99. The fourth-order valence-electron chi connectivity index (χ4n) is 1.19. The number of aliphatic hydroxyl groups is 1. The van der Waals surface area contributed by atoms with E-state index in [-0.39, 0.29) is 12.4 Å². The second-order valence-electron chi connectivity index (χ2n) is 2.91. The molecule has 0 saturated heterocycles. The lowest BCUT2D eigenvalue weighted by Crippen LogP contribution is -1.86. The van der Waals surface area contributed by atoms with Gasteiger partial charge in [0.1, 0.15) is 12.4 Å². The Kier molecular flexibility index (Phi) is 2.64. The molecule has 0 radical (unpaired) electrons. The predicted octanol–water partition coefficient (Wildman–Crippen LogP) is 1.24. The van der Waals surface area contributed by atoms with Crippen molar-refractivity contribution in [2.24, 2.45) is 0 Å². The molecular formula is C10H10N2O3. The maximum absolute atomic E-state index is 8.79. The molecule has 78 valence electrons. The van der Waals surface area contributed by atoms with Crippen LogP contribution in [0.3, 0.4) is 0 Å². The Bertz CT molecular complexity index is 453. The number of nitrogens with zero attached hydrogens (tertiary/aromatic N) is 2. The zero-order valence-electron chi connectivity index (χ0n) is 8.17. The molecule has 0 spiro atoms. The van der Waals surface area contributed by atoms with E-state index in [0.29, 0.717) is 5.89 Å². The normalized spacial score (nSPS) is 10.3. The number of methoxy groups -OCH3 is 1. The third-order valence-electron chi connectivity index (χ3n) is 1.93. The summed E-state index contributed by atoms with van der Waals surface area (Å²) in [6.07, 6.45) is 0. The fraction of sp³-hybridized carbons (Fsp3) is 0.200. The summed E-state index contributed by atoms with van der Waals surface area (Å²) >= 11 is 0. The summed E-state index contributed by atoms with van der Waals surface area (Å²) in [5.41, 5.74) is 0.765. The zero-order chi connectivity index (χ0) is 10.7. The summed E-state index contributed by atoms with van der Waals surface area (Å²) in [6, 6.07) is 7.27. The largest absolute Gasteiger partial charge is 0.497 e. The van der Waals surface area contributed by atoms with Crippen LogP contribution < -0.4 is 4.74 Å². The van der Waals surface area contributed by atoms with Gasteiger partial charge < -0.3 is 14.4 Å². The quantitative estimate of drug-likeness (QED) is 0.818. The van der Waals surface area contributed by atoms with Crippen LogP contribution in [0.2, 0.25) is 0 Å². The minimum Gasteiger partial charge on any atom is -0.497 e. The lowest BCUT2D eigenvalue weighted by atomic mass is 10.2. The Morgan fingerprint density at radius 2 is 2.33 bits per heavy atom. The molecule has 0 aliphatic carbocycles. The van der Waals surface area contributed by atoms with Gasteiger partial charge in [0.05, 0.1) is 7.11 Å². The second kappa shape index (κ2) is 4.10. The van der Waals surface area contributed by atoms with Gasteiger partial charge in [-0.05, 0) is 18.2 Å². The summed E-state index contributed by atoms with van der Waals surface area (Å²) in [5, 5.41) is 12.4. The number of ether oxygens (including phenoxy) is 1. The first-order valence-electron chi connectivity index (χ1n) is 4.41. The Labute approximate surface area is 86.3 Å². The van der Waals surface area contributed by atoms with Crippen molar-refractivity contribution in [3.63, 3.8) is 0 Å². The molecule has 15 heavy (non-hydrogen) atoms. The van der Waals surface area contributed by atoms with E-state index in [9.17, 15) is 0 Å². The van der Waals surface area contributed by atoms with Crippen LogP contribution in [-0.4, -0.2) is 22.4 Å². The van der Waals surface area contributed by atoms with E-state index in [1.54, 1.807) is 13.2 Å². The van der Waals surface area contributed by atoms with Crippen molar-refractivity contribution in [2.75, 3.05) is 7.11 Å². The van der Waals surface area contributed by atoms with Gasteiger partial charge in [0.2, 0.25) is 0 Å². The van der Waals surface area contributed by atoms with Crippen LogP contribution in [0.15, 0.2) is 28.8 Å². The number of rotatable bonds is 3. The molecule has 1 N–H and O–H groups in total. The van der Waals surface area contributed by atoms with Crippen molar-refractivity contribution >= 4 is 0 Å². The monoisotopic (exact) mass is 206 g/mol. The lowest BCUT2D eigenvalue weighted by molar-refractivity contribution is 0.264. The molecule has 0 amide bonds. The van der Waals surface area contributed by atoms with Crippen molar-refractivity contribution in [1.29, 1.82) is 0 Å². The van der Waals surface area contributed by atoms with E-state index in [4.69, 9.17) is 14.4 Å². The number of benzene rings is 1. The van der Waals surface area contributed by atoms with Crippen LogP contribution in [-0.2, 0) is 6.61 Å². The van der Waals surface area contributed by atoms with E-state index in [1.165, 1.54) is 0 Å². The Hall–Kier alpha value is -1.88. The van der Waals surface area contributed by atoms with Crippen molar-refractivity contribution in [3.8, 4) is 17.2 Å². The molecular weight excluding hydrogens is 196 g/mol. The summed E-state index contributed by atoms with van der Waals surface area (Å²) < 4.78 is 10.0. The molecule has 0 aliphatic rings. The van der Waals surface area contributed by atoms with Gasteiger partial charge in [-0.25, -0.2) is 0 Å². The van der Waals surface area contributed by atoms with Gasteiger partial charge in [0.25, 0.3) is 5.89 Å². The highest BCUT2D eigenvalue weighted by Gasteiger charge is 2.08. The van der Waals surface area contributed by atoms with Gasteiger partial charge in [-0.1, -0.05) is 11.2 Å². The highest BCUT2D eigenvalue weighted by atomic mass is 16.5. The summed E-state index contributed by atoms with van der Waals surface area (Å²) in [6.45, 7) is -0.229. The molecule has 1 aromatic carbocycles. The summed E-state index contributed by atoms with van der Waals surface area (Å²) in [7, 11) is 1.59. The third-order valence-corrected chi connectivity index (χ3v) is 1.93. The van der Waals surface area contributed by atoms with Gasteiger partial charge in [-0.15, -0.1) is 0 Å². The van der Waals surface area contributed by atoms with Gasteiger partial charge in [0.15, 0.2) is 5.82 Å². The smallest absolute Gasteiger partial charge is 0.258 e. The fourth-order valence-corrected chi connectivity index (χ4v) is 1.19. The third kappa shape index (κ3) is 1.97. The average Bonchev–Trinajstić information content (AvgIpc) is 2.78. The molecule has 1 aromatic heterocycles. The van der Waals surface area contributed by atoms with Gasteiger partial charge in [-0.2, -0.15) is 4.98 Å². The van der Waals surface area contributed by atoms with Crippen molar-refractivity contribution < 1.29 is 14.4 Å². The van der Waals surface area contributed by atoms with Gasteiger partial charge >= 0.3 is 0 Å². The van der Waals surface area contributed by atoms with Crippen molar-refractivity contribution in [2.45, 2.75) is 6.61 Å². The second-order valence-corrected chi connectivity index (χ2v) is 2.91. The number of hydrogen-bond donors (Lipinski definition) is 1. The van der Waals surface area contributed by atoms with E-state index in [2.05, 4.69) is 10.1 Å². The molecule has 5 nitrogen and oxygen atoms in total.